The van der Waals surface area contributed by atoms with Gasteiger partial charge in [-0.05, 0) is 59.7 Å². The van der Waals surface area contributed by atoms with Crippen molar-refractivity contribution in [2.75, 3.05) is 5.32 Å². The van der Waals surface area contributed by atoms with Crippen molar-refractivity contribution < 1.29 is 0 Å². The first-order chi connectivity index (χ1) is 9.76. The van der Waals surface area contributed by atoms with E-state index in [1.165, 1.54) is 15.6 Å². The molecule has 0 aliphatic rings. The van der Waals surface area contributed by atoms with Gasteiger partial charge in [0, 0.05) is 16.4 Å². The molecule has 0 amide bonds. The number of benzene rings is 2. The topological polar surface area (TPSA) is 35.8 Å². The molecule has 2 aromatic carbocycles. The van der Waals surface area contributed by atoms with E-state index in [2.05, 4.69) is 48.0 Å². The fourth-order valence-electron chi connectivity index (χ4n) is 2.24. The van der Waals surface area contributed by atoms with E-state index in [0.29, 0.717) is 5.56 Å². The molecule has 1 aromatic heterocycles. The quantitative estimate of drug-likeness (QED) is 0.736. The standard InChI is InChI=1S/C17H14N2S/c1-12(14-4-2-13(11-18)3-5-14)19-16-6-7-17-15(10-16)8-9-20-17/h2-10,12,19H,1H3. The van der Waals surface area contributed by atoms with Gasteiger partial charge in [-0.2, -0.15) is 5.26 Å². The maximum absolute atomic E-state index is 8.82. The van der Waals surface area contributed by atoms with Gasteiger partial charge in [0.05, 0.1) is 11.6 Å². The lowest BCUT2D eigenvalue weighted by Gasteiger charge is -2.16. The van der Waals surface area contributed by atoms with Crippen molar-refractivity contribution in [3.8, 4) is 6.07 Å². The molecule has 1 unspecified atom stereocenters. The molecule has 3 heteroatoms. The number of nitrogens with one attached hydrogen (secondary N) is 1. The van der Waals surface area contributed by atoms with Gasteiger partial charge in [0.1, 0.15) is 0 Å². The minimum Gasteiger partial charge on any atom is -0.379 e. The molecular weight excluding hydrogens is 264 g/mol. The maximum Gasteiger partial charge on any atom is 0.0991 e. The van der Waals surface area contributed by atoms with E-state index in [9.17, 15) is 0 Å². The molecule has 0 radical (unpaired) electrons. The number of anilines is 1. The lowest BCUT2D eigenvalue weighted by atomic mass is 10.1. The van der Waals surface area contributed by atoms with Crippen molar-refractivity contribution in [1.29, 1.82) is 5.26 Å². The number of hydrogen-bond acceptors (Lipinski definition) is 3. The average Bonchev–Trinajstić information content (AvgIpc) is 2.95. The molecule has 0 saturated carbocycles. The van der Waals surface area contributed by atoms with Crippen LogP contribution in [-0.2, 0) is 0 Å². The highest BCUT2D eigenvalue weighted by atomic mass is 32.1. The van der Waals surface area contributed by atoms with Gasteiger partial charge < -0.3 is 5.32 Å². The molecule has 1 heterocycles. The van der Waals surface area contributed by atoms with Crippen LogP contribution < -0.4 is 5.32 Å². The third-order valence-corrected chi connectivity index (χ3v) is 4.27. The SMILES string of the molecule is CC(Nc1ccc2sccc2c1)c1ccc(C#N)cc1. The molecule has 3 rings (SSSR count). The molecular formula is C17H14N2S. The van der Waals surface area contributed by atoms with E-state index < -0.39 is 0 Å². The normalized spacial score (nSPS) is 12.0. The summed E-state index contributed by atoms with van der Waals surface area (Å²) in [6, 6.07) is 18.6. The second-order valence-electron chi connectivity index (χ2n) is 4.77. The molecule has 98 valence electrons. The van der Waals surface area contributed by atoms with Crippen LogP contribution in [0.4, 0.5) is 5.69 Å². The van der Waals surface area contributed by atoms with Crippen molar-refractivity contribution in [3.05, 3.63) is 65.0 Å². The van der Waals surface area contributed by atoms with Crippen LogP contribution in [0.1, 0.15) is 24.1 Å². The van der Waals surface area contributed by atoms with E-state index in [1.807, 2.05) is 24.3 Å². The fraction of sp³-hybridized carbons (Fsp3) is 0.118. The highest BCUT2D eigenvalue weighted by Crippen LogP contribution is 2.26. The van der Waals surface area contributed by atoms with Crippen LogP contribution in [0.25, 0.3) is 10.1 Å². The van der Waals surface area contributed by atoms with Crippen molar-refractivity contribution in [1.82, 2.24) is 0 Å². The molecule has 0 bridgehead atoms. The van der Waals surface area contributed by atoms with E-state index >= 15 is 0 Å². The van der Waals surface area contributed by atoms with Gasteiger partial charge in [-0.15, -0.1) is 11.3 Å². The minimum atomic E-state index is 0.207. The second kappa shape index (κ2) is 5.36. The number of hydrogen-bond donors (Lipinski definition) is 1. The smallest absolute Gasteiger partial charge is 0.0991 e. The van der Waals surface area contributed by atoms with Crippen LogP contribution in [0.3, 0.4) is 0 Å². The predicted molar refractivity (Wildman–Crippen MR) is 85.0 cm³/mol. The molecule has 20 heavy (non-hydrogen) atoms. The molecule has 1 atom stereocenters. The molecule has 2 nitrogen and oxygen atoms in total. The summed E-state index contributed by atoms with van der Waals surface area (Å²) >= 11 is 1.76. The van der Waals surface area contributed by atoms with Crippen LogP contribution in [-0.4, -0.2) is 0 Å². The van der Waals surface area contributed by atoms with E-state index in [0.717, 1.165) is 5.69 Å². The molecule has 0 saturated heterocycles. The Morgan fingerprint density at radius 3 is 2.65 bits per heavy atom. The lowest BCUT2D eigenvalue weighted by Crippen LogP contribution is -2.06. The summed E-state index contributed by atoms with van der Waals surface area (Å²) in [5, 5.41) is 15.7. The fourth-order valence-corrected chi connectivity index (χ4v) is 3.01. The first-order valence-electron chi connectivity index (χ1n) is 6.50. The minimum absolute atomic E-state index is 0.207. The third kappa shape index (κ3) is 2.52. The molecule has 0 fully saturated rings. The number of rotatable bonds is 3. The summed E-state index contributed by atoms with van der Waals surface area (Å²) < 4.78 is 1.31. The number of nitrogens with zero attached hydrogens (tertiary/aromatic N) is 1. The van der Waals surface area contributed by atoms with E-state index in [-0.39, 0.29) is 6.04 Å². The summed E-state index contributed by atoms with van der Waals surface area (Å²) in [7, 11) is 0. The highest BCUT2D eigenvalue weighted by molar-refractivity contribution is 7.17. The van der Waals surface area contributed by atoms with Gasteiger partial charge in [-0.1, -0.05) is 12.1 Å². The van der Waals surface area contributed by atoms with E-state index in [1.54, 1.807) is 11.3 Å². The Balaban J connectivity index is 1.80. The van der Waals surface area contributed by atoms with Gasteiger partial charge in [-0.25, -0.2) is 0 Å². The largest absolute Gasteiger partial charge is 0.379 e. The molecule has 1 N–H and O–H groups in total. The Hall–Kier alpha value is -2.31. The highest BCUT2D eigenvalue weighted by Gasteiger charge is 2.06. The van der Waals surface area contributed by atoms with Crippen LogP contribution >= 0.6 is 11.3 Å². The molecule has 0 aliphatic heterocycles. The molecule has 3 aromatic rings. The molecule has 0 spiro atoms. The Bertz CT molecular complexity index is 766. The van der Waals surface area contributed by atoms with Gasteiger partial charge in [-0.3, -0.25) is 0 Å². The summed E-state index contributed by atoms with van der Waals surface area (Å²) in [5.74, 6) is 0. The summed E-state index contributed by atoms with van der Waals surface area (Å²) in [4.78, 5) is 0. The van der Waals surface area contributed by atoms with Crippen LogP contribution in [0.5, 0.6) is 0 Å². The van der Waals surface area contributed by atoms with Crippen molar-refractivity contribution in [2.24, 2.45) is 0 Å². The monoisotopic (exact) mass is 278 g/mol. The third-order valence-electron chi connectivity index (χ3n) is 3.38. The number of thiophene rings is 1. The Morgan fingerprint density at radius 1 is 1.10 bits per heavy atom. The van der Waals surface area contributed by atoms with Gasteiger partial charge in [0.25, 0.3) is 0 Å². The van der Waals surface area contributed by atoms with Crippen LogP contribution in [0.15, 0.2) is 53.9 Å². The van der Waals surface area contributed by atoms with Crippen LogP contribution in [0.2, 0.25) is 0 Å². The number of nitriles is 1. The zero-order chi connectivity index (χ0) is 13.9. The summed E-state index contributed by atoms with van der Waals surface area (Å²) in [6.45, 7) is 2.12. The zero-order valence-electron chi connectivity index (χ0n) is 11.1. The number of fused-ring (bicyclic) bond motifs is 1. The van der Waals surface area contributed by atoms with Crippen LogP contribution in [0, 0.1) is 11.3 Å². The van der Waals surface area contributed by atoms with Gasteiger partial charge in [0.15, 0.2) is 0 Å². The van der Waals surface area contributed by atoms with Crippen molar-refractivity contribution >= 4 is 27.1 Å². The van der Waals surface area contributed by atoms with Crippen molar-refractivity contribution in [2.45, 2.75) is 13.0 Å². The summed E-state index contributed by atoms with van der Waals surface area (Å²) in [5.41, 5.74) is 2.99. The second-order valence-corrected chi connectivity index (χ2v) is 5.72. The summed E-state index contributed by atoms with van der Waals surface area (Å²) in [6.07, 6.45) is 0. The Morgan fingerprint density at radius 2 is 1.90 bits per heavy atom. The van der Waals surface area contributed by atoms with E-state index in [4.69, 9.17) is 5.26 Å². The predicted octanol–water partition coefficient (Wildman–Crippen LogP) is 4.95. The van der Waals surface area contributed by atoms with Gasteiger partial charge >= 0.3 is 0 Å². The maximum atomic E-state index is 8.82. The Kier molecular flexibility index (Phi) is 3.41. The first-order valence-corrected chi connectivity index (χ1v) is 7.38. The van der Waals surface area contributed by atoms with Gasteiger partial charge in [0.2, 0.25) is 0 Å². The average molecular weight is 278 g/mol. The Labute approximate surface area is 122 Å². The zero-order valence-corrected chi connectivity index (χ0v) is 11.9. The van der Waals surface area contributed by atoms with Crippen molar-refractivity contribution in [3.63, 3.8) is 0 Å². The first kappa shape index (κ1) is 12.7. The lowest BCUT2D eigenvalue weighted by molar-refractivity contribution is 0.885. The molecule has 0 aliphatic carbocycles.